The topological polar surface area (TPSA) is 75.7 Å². The molecule has 0 fully saturated rings. The van der Waals surface area contributed by atoms with Crippen LogP contribution in [0.4, 0.5) is 11.4 Å². The standard InChI is InChI=1S/C30H26N2O4/c1-21-11-3-4-12-22(21)23-13-5-6-14-24(23)29(34)31-26-16-8-7-15-25(26)30(35)32(2)27-17-9-10-18-28(27)36-20-19-33/h3-19H,20H2,1-2H3,(H,31,34). The molecule has 4 aromatic carbocycles. The summed E-state index contributed by atoms with van der Waals surface area (Å²) < 4.78 is 5.48. The lowest BCUT2D eigenvalue weighted by molar-refractivity contribution is -0.109. The quantitative estimate of drug-likeness (QED) is 0.326. The summed E-state index contributed by atoms with van der Waals surface area (Å²) in [6.45, 7) is 1.89. The highest BCUT2D eigenvalue weighted by Gasteiger charge is 2.22. The van der Waals surface area contributed by atoms with E-state index in [0.717, 1.165) is 16.7 Å². The van der Waals surface area contributed by atoms with E-state index in [-0.39, 0.29) is 18.4 Å². The first-order chi connectivity index (χ1) is 17.5. The van der Waals surface area contributed by atoms with Crippen molar-refractivity contribution in [2.24, 2.45) is 0 Å². The van der Waals surface area contributed by atoms with E-state index in [1.807, 2.05) is 49.4 Å². The Morgan fingerprint density at radius 3 is 2.17 bits per heavy atom. The Morgan fingerprint density at radius 1 is 0.806 bits per heavy atom. The number of carbonyl (C=O) groups is 3. The number of hydrogen-bond acceptors (Lipinski definition) is 4. The van der Waals surface area contributed by atoms with Gasteiger partial charge in [-0.25, -0.2) is 0 Å². The second-order valence-corrected chi connectivity index (χ2v) is 8.17. The van der Waals surface area contributed by atoms with Gasteiger partial charge in [-0.05, 0) is 53.9 Å². The third-order valence-electron chi connectivity index (χ3n) is 5.85. The van der Waals surface area contributed by atoms with Crippen LogP contribution in [0.3, 0.4) is 0 Å². The van der Waals surface area contributed by atoms with Crippen molar-refractivity contribution >= 4 is 29.5 Å². The Hall–Kier alpha value is -4.71. The normalized spacial score (nSPS) is 10.4. The molecule has 0 aliphatic carbocycles. The van der Waals surface area contributed by atoms with E-state index in [2.05, 4.69) is 5.32 Å². The van der Waals surface area contributed by atoms with Crippen molar-refractivity contribution in [2.75, 3.05) is 23.9 Å². The van der Waals surface area contributed by atoms with Crippen molar-refractivity contribution in [1.29, 1.82) is 0 Å². The number of carbonyl (C=O) groups excluding carboxylic acids is 3. The number of hydrogen-bond donors (Lipinski definition) is 1. The molecule has 36 heavy (non-hydrogen) atoms. The summed E-state index contributed by atoms with van der Waals surface area (Å²) in [6.07, 6.45) is 0.651. The van der Waals surface area contributed by atoms with Crippen LogP contribution in [0.2, 0.25) is 0 Å². The molecule has 0 aliphatic heterocycles. The molecule has 0 saturated heterocycles. The molecule has 1 N–H and O–H groups in total. The van der Waals surface area contributed by atoms with Crippen LogP contribution in [-0.4, -0.2) is 31.8 Å². The van der Waals surface area contributed by atoms with Gasteiger partial charge in [0.1, 0.15) is 12.4 Å². The van der Waals surface area contributed by atoms with E-state index in [0.29, 0.717) is 34.5 Å². The molecule has 0 saturated carbocycles. The molecule has 0 bridgehead atoms. The number of aryl methyl sites for hydroxylation is 1. The molecule has 6 heteroatoms. The highest BCUT2D eigenvalue weighted by molar-refractivity contribution is 6.15. The van der Waals surface area contributed by atoms with E-state index in [1.54, 1.807) is 61.6 Å². The minimum absolute atomic E-state index is 0.119. The van der Waals surface area contributed by atoms with Crippen LogP contribution in [-0.2, 0) is 4.79 Å². The summed E-state index contributed by atoms with van der Waals surface area (Å²) in [6, 6.07) is 29.1. The Labute approximate surface area is 210 Å². The van der Waals surface area contributed by atoms with Gasteiger partial charge in [-0.1, -0.05) is 66.7 Å². The number of amides is 2. The fourth-order valence-corrected chi connectivity index (χ4v) is 4.03. The molecule has 0 spiro atoms. The predicted octanol–water partition coefficient (Wildman–Crippen LogP) is 5.77. The average molecular weight is 479 g/mol. The van der Waals surface area contributed by atoms with Crippen LogP contribution in [0.25, 0.3) is 11.1 Å². The van der Waals surface area contributed by atoms with E-state index < -0.39 is 0 Å². The first-order valence-electron chi connectivity index (χ1n) is 11.5. The summed E-state index contributed by atoms with van der Waals surface area (Å²) in [7, 11) is 1.62. The number of aldehydes is 1. The lowest BCUT2D eigenvalue weighted by Crippen LogP contribution is -2.28. The third kappa shape index (κ3) is 5.18. The van der Waals surface area contributed by atoms with Crippen LogP contribution in [0.15, 0.2) is 97.1 Å². The van der Waals surface area contributed by atoms with Crippen LogP contribution in [0.1, 0.15) is 26.3 Å². The Balaban J connectivity index is 1.64. The van der Waals surface area contributed by atoms with Crippen molar-refractivity contribution in [3.8, 4) is 16.9 Å². The fraction of sp³-hybridized carbons (Fsp3) is 0.100. The first-order valence-corrected chi connectivity index (χ1v) is 11.5. The fourth-order valence-electron chi connectivity index (χ4n) is 4.03. The van der Waals surface area contributed by atoms with Crippen LogP contribution >= 0.6 is 0 Å². The number of benzene rings is 4. The van der Waals surface area contributed by atoms with Gasteiger partial charge in [0, 0.05) is 12.6 Å². The largest absolute Gasteiger partial charge is 0.484 e. The monoisotopic (exact) mass is 478 g/mol. The molecule has 180 valence electrons. The van der Waals surface area contributed by atoms with Crippen LogP contribution < -0.4 is 15.0 Å². The average Bonchev–Trinajstić information content (AvgIpc) is 2.92. The lowest BCUT2D eigenvalue weighted by Gasteiger charge is -2.22. The van der Waals surface area contributed by atoms with Gasteiger partial charge in [0.05, 0.1) is 16.9 Å². The number of anilines is 2. The third-order valence-corrected chi connectivity index (χ3v) is 5.85. The van der Waals surface area contributed by atoms with Gasteiger partial charge in [-0.3, -0.25) is 14.4 Å². The van der Waals surface area contributed by atoms with E-state index in [4.69, 9.17) is 4.74 Å². The molecule has 0 unspecified atom stereocenters. The molecule has 6 nitrogen and oxygen atoms in total. The number of rotatable bonds is 8. The molecule has 0 aliphatic rings. The molecular formula is C30H26N2O4. The molecule has 2 amide bonds. The molecule has 0 radical (unpaired) electrons. The number of para-hydroxylation sites is 3. The highest BCUT2D eigenvalue weighted by atomic mass is 16.5. The zero-order valence-corrected chi connectivity index (χ0v) is 20.1. The molecule has 4 rings (SSSR count). The molecule has 0 aromatic heterocycles. The van der Waals surface area contributed by atoms with Gasteiger partial charge in [0.25, 0.3) is 11.8 Å². The lowest BCUT2D eigenvalue weighted by atomic mass is 9.95. The maximum Gasteiger partial charge on any atom is 0.260 e. The van der Waals surface area contributed by atoms with Gasteiger partial charge in [0.2, 0.25) is 0 Å². The van der Waals surface area contributed by atoms with Gasteiger partial charge >= 0.3 is 0 Å². The van der Waals surface area contributed by atoms with E-state index in [1.165, 1.54) is 4.90 Å². The smallest absolute Gasteiger partial charge is 0.260 e. The molecule has 0 atom stereocenters. The van der Waals surface area contributed by atoms with Crippen molar-refractivity contribution in [3.05, 3.63) is 114 Å². The van der Waals surface area contributed by atoms with Gasteiger partial charge in [-0.15, -0.1) is 0 Å². The van der Waals surface area contributed by atoms with Crippen molar-refractivity contribution in [3.63, 3.8) is 0 Å². The second-order valence-electron chi connectivity index (χ2n) is 8.17. The summed E-state index contributed by atoms with van der Waals surface area (Å²) in [5.41, 5.74) is 4.59. The van der Waals surface area contributed by atoms with E-state index in [9.17, 15) is 14.4 Å². The summed E-state index contributed by atoms with van der Waals surface area (Å²) in [4.78, 5) is 39.1. The minimum Gasteiger partial charge on any atom is -0.484 e. The summed E-state index contributed by atoms with van der Waals surface area (Å²) in [5.74, 6) is -0.235. The Kier molecular flexibility index (Phi) is 7.56. The Morgan fingerprint density at radius 2 is 1.42 bits per heavy atom. The maximum absolute atomic E-state index is 13.5. The van der Waals surface area contributed by atoms with E-state index >= 15 is 0 Å². The second kappa shape index (κ2) is 11.1. The zero-order chi connectivity index (χ0) is 25.5. The van der Waals surface area contributed by atoms with Crippen LogP contribution in [0.5, 0.6) is 5.75 Å². The van der Waals surface area contributed by atoms with Gasteiger partial charge < -0.3 is 15.0 Å². The molecule has 4 aromatic rings. The van der Waals surface area contributed by atoms with Crippen molar-refractivity contribution in [2.45, 2.75) is 6.92 Å². The first kappa shape index (κ1) is 24.4. The van der Waals surface area contributed by atoms with Gasteiger partial charge in [0.15, 0.2) is 6.29 Å². The summed E-state index contributed by atoms with van der Waals surface area (Å²) in [5, 5.41) is 2.93. The number of ether oxygens (including phenoxy) is 1. The highest BCUT2D eigenvalue weighted by Crippen LogP contribution is 2.31. The molecule has 0 heterocycles. The Bertz CT molecular complexity index is 1410. The predicted molar refractivity (Wildman–Crippen MR) is 142 cm³/mol. The van der Waals surface area contributed by atoms with Crippen molar-refractivity contribution < 1.29 is 19.1 Å². The summed E-state index contributed by atoms with van der Waals surface area (Å²) >= 11 is 0. The van der Waals surface area contributed by atoms with Crippen molar-refractivity contribution in [1.82, 2.24) is 0 Å². The maximum atomic E-state index is 13.5. The minimum atomic E-state index is -0.333. The molecular weight excluding hydrogens is 452 g/mol. The van der Waals surface area contributed by atoms with Gasteiger partial charge in [-0.2, -0.15) is 0 Å². The van der Waals surface area contributed by atoms with Crippen LogP contribution in [0, 0.1) is 6.92 Å². The number of nitrogens with one attached hydrogen (secondary N) is 1. The number of nitrogens with zero attached hydrogens (tertiary/aromatic N) is 1. The zero-order valence-electron chi connectivity index (χ0n) is 20.1. The SMILES string of the molecule is Cc1ccccc1-c1ccccc1C(=O)Nc1ccccc1C(=O)N(C)c1ccccc1OCC=O.